The number of nitrogens with zero attached hydrogens (tertiary/aromatic N) is 1. The van der Waals surface area contributed by atoms with Gasteiger partial charge in [0.2, 0.25) is 0 Å². The fourth-order valence-electron chi connectivity index (χ4n) is 2.76. The third-order valence-corrected chi connectivity index (χ3v) is 4.29. The highest BCUT2D eigenvalue weighted by Crippen LogP contribution is 2.13. The van der Waals surface area contributed by atoms with Gasteiger partial charge in [-0.2, -0.15) is 0 Å². The molecular weight excluding hydrogens is 278 g/mol. The van der Waals surface area contributed by atoms with Crippen LogP contribution >= 0.6 is 0 Å². The molecule has 0 bridgehead atoms. The van der Waals surface area contributed by atoms with Crippen LogP contribution in [-0.2, 0) is 14.3 Å². The molecule has 130 valence electrons. The van der Waals surface area contributed by atoms with Gasteiger partial charge < -0.3 is 9.47 Å². The van der Waals surface area contributed by atoms with E-state index in [0.29, 0.717) is 19.1 Å². The average Bonchev–Trinajstić information content (AvgIpc) is 2.53. The van der Waals surface area contributed by atoms with Crippen LogP contribution in [0.5, 0.6) is 0 Å². The molecule has 0 aromatic heterocycles. The van der Waals surface area contributed by atoms with Gasteiger partial charge in [-0.05, 0) is 12.3 Å². The summed E-state index contributed by atoms with van der Waals surface area (Å²) in [6.07, 6.45) is 10.5. The Balaban J connectivity index is 1.93. The molecule has 0 aliphatic carbocycles. The van der Waals surface area contributed by atoms with Gasteiger partial charge in [0.05, 0.1) is 26.4 Å². The van der Waals surface area contributed by atoms with Crippen LogP contribution in [0.25, 0.3) is 0 Å². The van der Waals surface area contributed by atoms with Crippen LogP contribution in [0.15, 0.2) is 0 Å². The summed E-state index contributed by atoms with van der Waals surface area (Å²) in [5.74, 6) is 0.387. The summed E-state index contributed by atoms with van der Waals surface area (Å²) >= 11 is 0. The van der Waals surface area contributed by atoms with Crippen molar-refractivity contribution in [3.05, 3.63) is 0 Å². The van der Waals surface area contributed by atoms with Crippen LogP contribution in [0.2, 0.25) is 0 Å². The lowest BCUT2D eigenvalue weighted by Gasteiger charge is -2.25. The number of ether oxygens (including phenoxy) is 2. The Labute approximate surface area is 136 Å². The van der Waals surface area contributed by atoms with Gasteiger partial charge in [0.15, 0.2) is 0 Å². The standard InChI is InChI=1S/C18H35NO3/c1-3-4-5-6-7-8-9-10-17(2)16-22-18(20)15-19-11-13-21-14-12-19/h17H,3-16H2,1-2H3/t17-/m1/s1. The van der Waals surface area contributed by atoms with Crippen LogP contribution < -0.4 is 0 Å². The Morgan fingerprint density at radius 1 is 1.09 bits per heavy atom. The molecule has 1 heterocycles. The number of carbonyl (C=O) groups is 1. The summed E-state index contributed by atoms with van der Waals surface area (Å²) in [4.78, 5) is 13.9. The quantitative estimate of drug-likeness (QED) is 0.407. The van der Waals surface area contributed by atoms with E-state index < -0.39 is 0 Å². The van der Waals surface area contributed by atoms with Crippen molar-refractivity contribution in [2.24, 2.45) is 5.92 Å². The second-order valence-electron chi connectivity index (χ2n) is 6.59. The van der Waals surface area contributed by atoms with Crippen molar-refractivity contribution in [2.45, 2.75) is 65.2 Å². The molecule has 0 aromatic rings. The molecule has 1 aliphatic rings. The van der Waals surface area contributed by atoms with Crippen molar-refractivity contribution >= 4 is 5.97 Å². The molecule has 0 radical (unpaired) electrons. The summed E-state index contributed by atoms with van der Waals surface area (Å²) in [7, 11) is 0. The second kappa shape index (κ2) is 12.9. The third-order valence-electron chi connectivity index (χ3n) is 4.29. The Hall–Kier alpha value is -0.610. The maximum absolute atomic E-state index is 11.8. The predicted octanol–water partition coefficient (Wildman–Crippen LogP) is 3.64. The fraction of sp³-hybridized carbons (Fsp3) is 0.944. The van der Waals surface area contributed by atoms with E-state index in [0.717, 1.165) is 26.3 Å². The van der Waals surface area contributed by atoms with E-state index in [1.165, 1.54) is 51.4 Å². The molecule has 1 fully saturated rings. The van der Waals surface area contributed by atoms with E-state index in [-0.39, 0.29) is 5.97 Å². The zero-order valence-corrected chi connectivity index (χ0v) is 14.6. The highest BCUT2D eigenvalue weighted by atomic mass is 16.5. The van der Waals surface area contributed by atoms with Crippen molar-refractivity contribution in [1.82, 2.24) is 4.90 Å². The first-order valence-corrected chi connectivity index (χ1v) is 9.18. The van der Waals surface area contributed by atoms with E-state index in [2.05, 4.69) is 18.7 Å². The normalized spacial score (nSPS) is 17.4. The summed E-state index contributed by atoms with van der Waals surface area (Å²) in [6.45, 7) is 8.53. The molecule has 1 saturated heterocycles. The molecule has 0 N–H and O–H groups in total. The maximum Gasteiger partial charge on any atom is 0.320 e. The Bertz CT molecular complexity index is 278. The molecule has 0 amide bonds. The number of rotatable bonds is 12. The van der Waals surface area contributed by atoms with Crippen molar-refractivity contribution in [3.63, 3.8) is 0 Å². The fourth-order valence-corrected chi connectivity index (χ4v) is 2.76. The summed E-state index contributed by atoms with van der Waals surface area (Å²) in [6, 6.07) is 0. The average molecular weight is 313 g/mol. The topological polar surface area (TPSA) is 38.8 Å². The number of carbonyl (C=O) groups excluding carboxylic acids is 1. The smallest absolute Gasteiger partial charge is 0.320 e. The second-order valence-corrected chi connectivity index (χ2v) is 6.59. The lowest BCUT2D eigenvalue weighted by molar-refractivity contribution is -0.147. The summed E-state index contributed by atoms with van der Waals surface area (Å²) in [5.41, 5.74) is 0. The first kappa shape index (κ1) is 19.4. The van der Waals surface area contributed by atoms with Crippen LogP contribution in [0.3, 0.4) is 0 Å². The Morgan fingerprint density at radius 3 is 2.41 bits per heavy atom. The van der Waals surface area contributed by atoms with Crippen LogP contribution in [0.4, 0.5) is 0 Å². The van der Waals surface area contributed by atoms with E-state index in [4.69, 9.17) is 9.47 Å². The van der Waals surface area contributed by atoms with Crippen molar-refractivity contribution in [3.8, 4) is 0 Å². The van der Waals surface area contributed by atoms with Gasteiger partial charge in [0.25, 0.3) is 0 Å². The minimum atomic E-state index is -0.0895. The predicted molar refractivity (Wildman–Crippen MR) is 90.0 cm³/mol. The summed E-state index contributed by atoms with van der Waals surface area (Å²) < 4.78 is 10.7. The number of unbranched alkanes of at least 4 members (excludes halogenated alkanes) is 6. The molecule has 1 rings (SSSR count). The Kier molecular flexibility index (Phi) is 11.4. The molecule has 4 heteroatoms. The molecule has 1 atom stereocenters. The molecule has 0 saturated carbocycles. The minimum Gasteiger partial charge on any atom is -0.464 e. The first-order valence-electron chi connectivity index (χ1n) is 9.18. The molecule has 0 unspecified atom stereocenters. The first-order chi connectivity index (χ1) is 10.7. The van der Waals surface area contributed by atoms with Gasteiger partial charge in [-0.25, -0.2) is 0 Å². The number of hydrogen-bond donors (Lipinski definition) is 0. The third kappa shape index (κ3) is 10.2. The van der Waals surface area contributed by atoms with E-state index in [1.54, 1.807) is 0 Å². The van der Waals surface area contributed by atoms with E-state index in [9.17, 15) is 4.79 Å². The lowest BCUT2D eigenvalue weighted by Crippen LogP contribution is -2.40. The highest BCUT2D eigenvalue weighted by molar-refractivity contribution is 5.71. The van der Waals surface area contributed by atoms with Crippen LogP contribution in [-0.4, -0.2) is 50.3 Å². The molecular formula is C18H35NO3. The molecule has 0 aromatic carbocycles. The van der Waals surface area contributed by atoms with Gasteiger partial charge in [0, 0.05) is 13.1 Å². The zero-order chi connectivity index (χ0) is 16.0. The van der Waals surface area contributed by atoms with Crippen molar-refractivity contribution < 1.29 is 14.3 Å². The minimum absolute atomic E-state index is 0.0895. The number of hydrogen-bond acceptors (Lipinski definition) is 4. The number of morpholine rings is 1. The molecule has 22 heavy (non-hydrogen) atoms. The van der Waals surface area contributed by atoms with E-state index >= 15 is 0 Å². The van der Waals surface area contributed by atoms with Crippen molar-refractivity contribution in [1.29, 1.82) is 0 Å². The molecule has 4 nitrogen and oxygen atoms in total. The zero-order valence-electron chi connectivity index (χ0n) is 14.6. The van der Waals surface area contributed by atoms with Crippen LogP contribution in [0.1, 0.15) is 65.2 Å². The number of esters is 1. The Morgan fingerprint density at radius 2 is 1.73 bits per heavy atom. The SMILES string of the molecule is CCCCCCCCC[C@@H](C)COC(=O)CN1CCOCC1. The van der Waals surface area contributed by atoms with Gasteiger partial charge in [-0.1, -0.05) is 58.8 Å². The molecule has 0 spiro atoms. The lowest BCUT2D eigenvalue weighted by atomic mass is 10.0. The van der Waals surface area contributed by atoms with Gasteiger partial charge in [-0.3, -0.25) is 9.69 Å². The summed E-state index contributed by atoms with van der Waals surface area (Å²) in [5, 5.41) is 0. The van der Waals surface area contributed by atoms with Crippen LogP contribution in [0, 0.1) is 5.92 Å². The largest absolute Gasteiger partial charge is 0.464 e. The van der Waals surface area contributed by atoms with Gasteiger partial charge in [-0.15, -0.1) is 0 Å². The maximum atomic E-state index is 11.8. The van der Waals surface area contributed by atoms with Gasteiger partial charge >= 0.3 is 5.97 Å². The monoisotopic (exact) mass is 313 g/mol. The van der Waals surface area contributed by atoms with E-state index in [1.807, 2.05) is 0 Å². The molecule has 1 aliphatic heterocycles. The van der Waals surface area contributed by atoms with Crippen molar-refractivity contribution in [2.75, 3.05) is 39.5 Å². The highest BCUT2D eigenvalue weighted by Gasteiger charge is 2.15. The van der Waals surface area contributed by atoms with Gasteiger partial charge in [0.1, 0.15) is 0 Å².